The van der Waals surface area contributed by atoms with E-state index in [4.69, 9.17) is 9.97 Å². The molecule has 3 aromatic heterocycles. The lowest BCUT2D eigenvalue weighted by molar-refractivity contribution is 0.477. The predicted octanol–water partition coefficient (Wildman–Crippen LogP) is 14.9. The molecule has 0 atom stereocenters. The molecule has 2 fully saturated rings. The van der Waals surface area contributed by atoms with Crippen molar-refractivity contribution in [2.45, 2.75) is 63.2 Å². The van der Waals surface area contributed by atoms with Gasteiger partial charge in [0, 0.05) is 39.3 Å². The second-order valence-electron chi connectivity index (χ2n) is 16.9. The number of pyridine rings is 2. The van der Waals surface area contributed by atoms with E-state index in [9.17, 15) is 5.11 Å². The maximum absolute atomic E-state index is 11.1. The number of aromatic hydroxyl groups is 1. The monoisotopic (exact) mass is 777 g/mol. The molecule has 6 aromatic carbocycles. The molecule has 2 saturated carbocycles. The fraction of sp³-hybridized carbons (Fsp3) is 0.179. The highest BCUT2D eigenvalue weighted by Crippen LogP contribution is 2.43. The Hall–Kier alpha value is -6.78. The quantitative estimate of drug-likeness (QED) is 0.167. The third-order valence-corrected chi connectivity index (χ3v) is 13.2. The maximum atomic E-state index is 11.1. The Morgan fingerprint density at radius 1 is 0.433 bits per heavy atom. The Kier molecular flexibility index (Phi) is 9.34. The van der Waals surface area contributed by atoms with Crippen molar-refractivity contribution in [3.05, 3.63) is 181 Å². The van der Waals surface area contributed by atoms with Crippen LogP contribution >= 0.6 is 0 Å². The normalized spacial score (nSPS) is 14.7. The Morgan fingerprint density at radius 2 is 1.05 bits per heavy atom. The van der Waals surface area contributed by atoms with Gasteiger partial charge in [-0.3, -0.25) is 4.98 Å². The highest BCUT2D eigenvalue weighted by molar-refractivity contribution is 6.10. The molecule has 0 saturated heterocycles. The zero-order valence-electron chi connectivity index (χ0n) is 33.8. The summed E-state index contributed by atoms with van der Waals surface area (Å²) in [6.07, 6.45) is 12.3. The lowest BCUT2D eigenvalue weighted by Crippen LogP contribution is -2.00. The van der Waals surface area contributed by atoms with Crippen molar-refractivity contribution in [2.24, 2.45) is 0 Å². The van der Waals surface area contributed by atoms with Crippen molar-refractivity contribution >= 4 is 21.8 Å². The molecule has 60 heavy (non-hydrogen) atoms. The Balaban J connectivity index is 0.997. The number of phenolic OH excluding ortho intramolecular Hbond substituents is 1. The van der Waals surface area contributed by atoms with Crippen LogP contribution in [0.2, 0.25) is 0 Å². The summed E-state index contributed by atoms with van der Waals surface area (Å²) >= 11 is 0. The van der Waals surface area contributed by atoms with Gasteiger partial charge >= 0.3 is 0 Å². The molecule has 0 unspecified atom stereocenters. The van der Waals surface area contributed by atoms with E-state index in [1.54, 1.807) is 6.07 Å². The number of rotatable bonds is 8. The topological polar surface area (TPSA) is 50.9 Å². The van der Waals surface area contributed by atoms with Gasteiger partial charge in [-0.2, -0.15) is 0 Å². The number of fused-ring (bicyclic) bond motifs is 3. The highest BCUT2D eigenvalue weighted by atomic mass is 16.3. The van der Waals surface area contributed by atoms with E-state index in [-0.39, 0.29) is 5.75 Å². The summed E-state index contributed by atoms with van der Waals surface area (Å²) in [6, 6.07) is 58.4. The van der Waals surface area contributed by atoms with E-state index < -0.39 is 0 Å². The van der Waals surface area contributed by atoms with Crippen LogP contribution in [0.15, 0.2) is 170 Å². The second kappa shape index (κ2) is 15.4. The number of nitrogens with zero attached hydrogens (tertiary/aromatic N) is 3. The molecule has 2 aliphatic rings. The standard InChI is InChI=1S/C56H47N3O/c60-56-24-11-9-22-49(56)53-36-46(45-31-43(37-13-4-5-14-37)30-44(32-45)38-15-6-7-16-38)35-52(58-53)42-18-12-17-41(29-42)51-34-40(27-28-57-51)39-25-26-55-50(33-39)48-21-8-10-23-54(48)59(55)47-19-2-1-3-20-47/h1-3,8-12,17-38,60H,4-7,13-16H2. The Bertz CT molecular complexity index is 2990. The molecular weight excluding hydrogens is 731 g/mol. The minimum absolute atomic E-state index is 0.233. The summed E-state index contributed by atoms with van der Waals surface area (Å²) in [5.41, 5.74) is 16.5. The minimum Gasteiger partial charge on any atom is -0.507 e. The van der Waals surface area contributed by atoms with Gasteiger partial charge in [0.15, 0.2) is 0 Å². The fourth-order valence-corrected chi connectivity index (χ4v) is 10.1. The lowest BCUT2D eigenvalue weighted by Gasteiger charge is -2.19. The maximum Gasteiger partial charge on any atom is 0.124 e. The molecule has 0 bridgehead atoms. The summed E-state index contributed by atoms with van der Waals surface area (Å²) in [5, 5.41) is 13.5. The molecule has 0 aliphatic heterocycles. The molecule has 9 aromatic rings. The third-order valence-electron chi connectivity index (χ3n) is 13.2. The average Bonchev–Trinajstić information content (AvgIpc) is 4.12. The van der Waals surface area contributed by atoms with Gasteiger partial charge in [0.25, 0.3) is 0 Å². The van der Waals surface area contributed by atoms with Crippen molar-refractivity contribution in [1.82, 2.24) is 14.5 Å². The summed E-state index contributed by atoms with van der Waals surface area (Å²) in [6.45, 7) is 0. The van der Waals surface area contributed by atoms with E-state index in [0.29, 0.717) is 11.8 Å². The number of para-hydroxylation sites is 3. The van der Waals surface area contributed by atoms with Crippen LogP contribution in [0.3, 0.4) is 0 Å². The molecule has 11 rings (SSSR count). The molecule has 3 heterocycles. The number of aromatic nitrogens is 3. The van der Waals surface area contributed by atoms with E-state index >= 15 is 0 Å². The molecule has 2 aliphatic carbocycles. The lowest BCUT2D eigenvalue weighted by atomic mass is 9.87. The van der Waals surface area contributed by atoms with E-state index in [0.717, 1.165) is 56.1 Å². The molecular formula is C56H47N3O. The van der Waals surface area contributed by atoms with Gasteiger partial charge in [0.1, 0.15) is 5.75 Å². The van der Waals surface area contributed by atoms with Gasteiger partial charge in [0.05, 0.1) is 28.1 Å². The Labute approximate surface area is 351 Å². The molecule has 292 valence electrons. The van der Waals surface area contributed by atoms with Gasteiger partial charge in [-0.05, 0) is 144 Å². The third kappa shape index (κ3) is 6.76. The largest absolute Gasteiger partial charge is 0.507 e. The van der Waals surface area contributed by atoms with Crippen molar-refractivity contribution < 1.29 is 5.11 Å². The van der Waals surface area contributed by atoms with Crippen LogP contribution in [0, 0.1) is 0 Å². The zero-order valence-corrected chi connectivity index (χ0v) is 33.8. The second-order valence-corrected chi connectivity index (χ2v) is 16.9. The first-order chi connectivity index (χ1) is 29.6. The van der Waals surface area contributed by atoms with E-state index in [1.165, 1.54) is 89.9 Å². The first kappa shape index (κ1) is 36.3. The SMILES string of the molecule is Oc1ccccc1-c1cc(-c2cc(C3CCCC3)cc(C3CCCC3)c2)cc(-c2cccc(-c3cc(-c4ccc5c(c4)c4ccccc4n5-c4ccccc4)ccn3)c2)n1. The van der Waals surface area contributed by atoms with Crippen LogP contribution in [-0.2, 0) is 0 Å². The summed E-state index contributed by atoms with van der Waals surface area (Å²) in [4.78, 5) is 10.2. The van der Waals surface area contributed by atoms with Crippen molar-refractivity contribution in [3.63, 3.8) is 0 Å². The van der Waals surface area contributed by atoms with Crippen LogP contribution in [0.4, 0.5) is 0 Å². The first-order valence-electron chi connectivity index (χ1n) is 21.7. The fourth-order valence-electron chi connectivity index (χ4n) is 10.1. The molecule has 0 spiro atoms. The number of hydrogen-bond acceptors (Lipinski definition) is 3. The molecule has 1 N–H and O–H groups in total. The van der Waals surface area contributed by atoms with Crippen LogP contribution in [0.25, 0.3) is 83.5 Å². The van der Waals surface area contributed by atoms with Gasteiger partial charge in [-0.25, -0.2) is 4.98 Å². The van der Waals surface area contributed by atoms with Crippen LogP contribution in [0.5, 0.6) is 5.75 Å². The van der Waals surface area contributed by atoms with E-state index in [2.05, 4.69) is 144 Å². The number of benzene rings is 6. The number of hydrogen-bond donors (Lipinski definition) is 1. The smallest absolute Gasteiger partial charge is 0.124 e. The molecule has 4 heteroatoms. The van der Waals surface area contributed by atoms with Crippen molar-refractivity contribution in [1.29, 1.82) is 0 Å². The van der Waals surface area contributed by atoms with Gasteiger partial charge in [0.2, 0.25) is 0 Å². The average molecular weight is 778 g/mol. The van der Waals surface area contributed by atoms with Gasteiger partial charge in [-0.1, -0.05) is 117 Å². The summed E-state index contributed by atoms with van der Waals surface area (Å²) < 4.78 is 2.35. The predicted molar refractivity (Wildman–Crippen MR) is 248 cm³/mol. The van der Waals surface area contributed by atoms with Crippen LogP contribution in [0.1, 0.15) is 74.3 Å². The zero-order chi connectivity index (χ0) is 40.0. The van der Waals surface area contributed by atoms with Crippen molar-refractivity contribution in [2.75, 3.05) is 0 Å². The highest BCUT2D eigenvalue weighted by Gasteiger charge is 2.23. The van der Waals surface area contributed by atoms with Crippen molar-refractivity contribution in [3.8, 4) is 67.5 Å². The van der Waals surface area contributed by atoms with Gasteiger partial charge in [-0.15, -0.1) is 0 Å². The van der Waals surface area contributed by atoms with E-state index in [1.807, 2.05) is 24.4 Å². The van der Waals surface area contributed by atoms with Crippen LogP contribution < -0.4 is 0 Å². The molecule has 0 radical (unpaired) electrons. The van der Waals surface area contributed by atoms with Crippen LogP contribution in [-0.4, -0.2) is 19.6 Å². The minimum atomic E-state index is 0.233. The first-order valence-corrected chi connectivity index (χ1v) is 21.7. The molecule has 0 amide bonds. The summed E-state index contributed by atoms with van der Waals surface area (Å²) in [7, 11) is 0. The van der Waals surface area contributed by atoms with Gasteiger partial charge < -0.3 is 9.67 Å². The number of phenols is 1. The Morgan fingerprint density at radius 3 is 1.82 bits per heavy atom. The molecule has 4 nitrogen and oxygen atoms in total. The summed E-state index contributed by atoms with van der Waals surface area (Å²) in [5.74, 6) is 1.48.